The molecule has 0 saturated heterocycles. The summed E-state index contributed by atoms with van der Waals surface area (Å²) in [5, 5.41) is 3.42. The van der Waals surface area contributed by atoms with Gasteiger partial charge in [-0.05, 0) is 37.6 Å². The molecule has 4 nitrogen and oxygen atoms in total. The maximum Gasteiger partial charge on any atom is 0.142 e. The van der Waals surface area contributed by atoms with Crippen molar-refractivity contribution in [3.05, 3.63) is 41.2 Å². The highest BCUT2D eigenvalue weighted by Crippen LogP contribution is 2.29. The van der Waals surface area contributed by atoms with Crippen LogP contribution in [0.4, 0.5) is 5.69 Å². The minimum Gasteiger partial charge on any atom is -0.497 e. The average molecular weight is 274 g/mol. The van der Waals surface area contributed by atoms with Crippen LogP contribution < -0.4 is 14.8 Å². The van der Waals surface area contributed by atoms with E-state index >= 15 is 0 Å². The molecule has 1 aromatic carbocycles. The molecule has 2 aromatic rings. The molecule has 0 spiro atoms. The average Bonchev–Trinajstić information content (AvgIpc) is 2.72. The van der Waals surface area contributed by atoms with Crippen LogP contribution in [0.25, 0.3) is 0 Å². The van der Waals surface area contributed by atoms with Gasteiger partial charge in [-0.25, -0.2) is 0 Å². The second-order valence-electron chi connectivity index (χ2n) is 4.88. The zero-order valence-electron chi connectivity index (χ0n) is 12.8. The van der Waals surface area contributed by atoms with Crippen LogP contribution in [0, 0.1) is 13.8 Å². The molecule has 2 rings (SSSR count). The van der Waals surface area contributed by atoms with Crippen LogP contribution in [-0.4, -0.2) is 18.8 Å². The van der Waals surface area contributed by atoms with Gasteiger partial charge in [0.05, 0.1) is 19.9 Å². The molecule has 108 valence electrons. The van der Waals surface area contributed by atoms with Gasteiger partial charge in [-0.1, -0.05) is 0 Å². The number of benzene rings is 1. The Morgan fingerprint density at radius 2 is 1.85 bits per heavy atom. The lowest BCUT2D eigenvalue weighted by molar-refractivity contribution is 0.404. The predicted octanol–water partition coefficient (Wildman–Crippen LogP) is 3.27. The number of nitrogens with zero attached hydrogens (tertiary/aromatic N) is 1. The van der Waals surface area contributed by atoms with E-state index in [1.807, 2.05) is 18.2 Å². The van der Waals surface area contributed by atoms with Crippen molar-refractivity contribution < 1.29 is 9.47 Å². The molecule has 0 unspecified atom stereocenters. The van der Waals surface area contributed by atoms with Gasteiger partial charge in [0.1, 0.15) is 11.5 Å². The molecule has 1 N–H and O–H groups in total. The summed E-state index contributed by atoms with van der Waals surface area (Å²) >= 11 is 0. The van der Waals surface area contributed by atoms with Gasteiger partial charge >= 0.3 is 0 Å². The Labute approximate surface area is 120 Å². The maximum absolute atomic E-state index is 5.37. The van der Waals surface area contributed by atoms with Gasteiger partial charge in [0.2, 0.25) is 0 Å². The number of methoxy groups -OCH3 is 2. The monoisotopic (exact) mass is 274 g/mol. The van der Waals surface area contributed by atoms with Crippen LogP contribution in [0.3, 0.4) is 0 Å². The second kappa shape index (κ2) is 5.90. The van der Waals surface area contributed by atoms with Gasteiger partial charge in [-0.15, -0.1) is 0 Å². The van der Waals surface area contributed by atoms with E-state index in [4.69, 9.17) is 9.47 Å². The molecule has 1 heterocycles. The normalized spacial score (nSPS) is 10.4. The Kier molecular flexibility index (Phi) is 4.23. The number of rotatable bonds is 5. The van der Waals surface area contributed by atoms with E-state index in [1.165, 1.54) is 17.0 Å². The molecule has 0 bridgehead atoms. The number of nitrogens with one attached hydrogen (secondary N) is 1. The molecule has 0 radical (unpaired) electrons. The minimum atomic E-state index is 0.761. The van der Waals surface area contributed by atoms with Crippen LogP contribution in [-0.2, 0) is 13.6 Å². The SMILES string of the molecule is COc1ccc(OC)c(NCc2cc(C)n(C)c2C)c1. The summed E-state index contributed by atoms with van der Waals surface area (Å²) in [4.78, 5) is 0. The van der Waals surface area contributed by atoms with Gasteiger partial charge in [0, 0.05) is 31.0 Å². The summed E-state index contributed by atoms with van der Waals surface area (Å²) in [7, 11) is 5.42. The lowest BCUT2D eigenvalue weighted by atomic mass is 10.2. The molecule has 1 aromatic heterocycles. The van der Waals surface area contributed by atoms with E-state index in [1.54, 1.807) is 14.2 Å². The fourth-order valence-corrected chi connectivity index (χ4v) is 2.25. The third-order valence-electron chi connectivity index (χ3n) is 3.76. The van der Waals surface area contributed by atoms with Crippen molar-refractivity contribution in [3.8, 4) is 11.5 Å². The molecular formula is C16H22N2O2. The lowest BCUT2D eigenvalue weighted by Crippen LogP contribution is -2.03. The second-order valence-corrected chi connectivity index (χ2v) is 4.88. The zero-order chi connectivity index (χ0) is 14.7. The molecule has 0 aliphatic heterocycles. The summed E-state index contributed by atoms with van der Waals surface area (Å²) in [5.74, 6) is 1.63. The molecule has 20 heavy (non-hydrogen) atoms. The van der Waals surface area contributed by atoms with Crippen LogP contribution in [0.5, 0.6) is 11.5 Å². The summed E-state index contributed by atoms with van der Waals surface area (Å²) in [6.45, 7) is 5.01. The number of aromatic nitrogens is 1. The minimum absolute atomic E-state index is 0.761. The van der Waals surface area contributed by atoms with Crippen molar-refractivity contribution >= 4 is 5.69 Å². The number of aryl methyl sites for hydroxylation is 1. The van der Waals surface area contributed by atoms with Crippen LogP contribution in [0.15, 0.2) is 24.3 Å². The van der Waals surface area contributed by atoms with Crippen molar-refractivity contribution in [2.75, 3.05) is 19.5 Å². The first-order valence-electron chi connectivity index (χ1n) is 6.64. The van der Waals surface area contributed by atoms with Gasteiger partial charge in [0.15, 0.2) is 0 Å². The first kappa shape index (κ1) is 14.3. The van der Waals surface area contributed by atoms with Crippen LogP contribution >= 0.6 is 0 Å². The van der Waals surface area contributed by atoms with E-state index in [0.29, 0.717) is 0 Å². The smallest absolute Gasteiger partial charge is 0.142 e. The Hall–Kier alpha value is -2.10. The molecule has 0 amide bonds. The van der Waals surface area contributed by atoms with Crippen molar-refractivity contribution in [3.63, 3.8) is 0 Å². The maximum atomic E-state index is 5.37. The fraction of sp³-hybridized carbons (Fsp3) is 0.375. The van der Waals surface area contributed by atoms with Crippen molar-refractivity contribution in [2.45, 2.75) is 20.4 Å². The lowest BCUT2D eigenvalue weighted by Gasteiger charge is -2.12. The summed E-state index contributed by atoms with van der Waals surface area (Å²) < 4.78 is 12.8. The van der Waals surface area contributed by atoms with E-state index in [-0.39, 0.29) is 0 Å². The Balaban J connectivity index is 2.19. The number of ether oxygens (including phenoxy) is 2. The first-order chi connectivity index (χ1) is 9.56. The molecule has 4 heteroatoms. The fourth-order valence-electron chi connectivity index (χ4n) is 2.25. The van der Waals surface area contributed by atoms with Gasteiger partial charge in [0.25, 0.3) is 0 Å². The summed E-state index contributed by atoms with van der Waals surface area (Å²) in [5.41, 5.74) is 4.76. The first-order valence-corrected chi connectivity index (χ1v) is 6.64. The molecule has 0 aliphatic rings. The third kappa shape index (κ3) is 2.74. The molecule has 0 fully saturated rings. The highest BCUT2D eigenvalue weighted by molar-refractivity contribution is 5.60. The largest absolute Gasteiger partial charge is 0.497 e. The molecule has 0 aliphatic carbocycles. The highest BCUT2D eigenvalue weighted by Gasteiger charge is 2.08. The van der Waals surface area contributed by atoms with Crippen molar-refractivity contribution in [2.24, 2.45) is 7.05 Å². The third-order valence-corrected chi connectivity index (χ3v) is 3.76. The predicted molar refractivity (Wildman–Crippen MR) is 81.8 cm³/mol. The van der Waals surface area contributed by atoms with Gasteiger partial charge < -0.3 is 19.4 Å². The Morgan fingerprint density at radius 3 is 2.40 bits per heavy atom. The number of anilines is 1. The van der Waals surface area contributed by atoms with E-state index < -0.39 is 0 Å². The van der Waals surface area contributed by atoms with Crippen LogP contribution in [0.1, 0.15) is 17.0 Å². The molecule has 0 atom stereocenters. The quantitative estimate of drug-likeness (QED) is 0.909. The highest BCUT2D eigenvalue weighted by atomic mass is 16.5. The van der Waals surface area contributed by atoms with Gasteiger partial charge in [-0.3, -0.25) is 0 Å². The number of hydrogen-bond donors (Lipinski definition) is 1. The van der Waals surface area contributed by atoms with Crippen molar-refractivity contribution in [1.29, 1.82) is 0 Å². The Morgan fingerprint density at radius 1 is 1.10 bits per heavy atom. The summed E-state index contributed by atoms with van der Waals surface area (Å²) in [6, 6.07) is 7.95. The number of hydrogen-bond acceptors (Lipinski definition) is 3. The van der Waals surface area contributed by atoms with Crippen molar-refractivity contribution in [1.82, 2.24) is 4.57 Å². The Bertz CT molecular complexity index is 603. The van der Waals surface area contributed by atoms with Gasteiger partial charge in [-0.2, -0.15) is 0 Å². The standard InChI is InChI=1S/C16H22N2O2/c1-11-8-13(12(2)18(11)3)10-17-15-9-14(19-4)6-7-16(15)20-5/h6-9,17H,10H2,1-5H3. The molecule has 0 saturated carbocycles. The molecular weight excluding hydrogens is 252 g/mol. The van der Waals surface area contributed by atoms with E-state index in [9.17, 15) is 0 Å². The van der Waals surface area contributed by atoms with Crippen LogP contribution in [0.2, 0.25) is 0 Å². The van der Waals surface area contributed by atoms with E-state index in [2.05, 4.69) is 36.8 Å². The van der Waals surface area contributed by atoms with E-state index in [0.717, 1.165) is 23.7 Å². The summed E-state index contributed by atoms with van der Waals surface area (Å²) in [6.07, 6.45) is 0. The zero-order valence-corrected chi connectivity index (χ0v) is 12.8. The topological polar surface area (TPSA) is 35.4 Å².